The molecular formula is C7H11F5N2O. The number of hydrogen-bond donors (Lipinski definition) is 1. The van der Waals surface area contributed by atoms with Crippen molar-refractivity contribution in [3.8, 4) is 0 Å². The van der Waals surface area contributed by atoms with Gasteiger partial charge < -0.3 is 10.6 Å². The van der Waals surface area contributed by atoms with Crippen LogP contribution in [-0.2, 0) is 4.79 Å². The Kier molecular flexibility index (Phi) is 4.44. The average molecular weight is 234 g/mol. The van der Waals surface area contributed by atoms with Crippen LogP contribution in [0.2, 0.25) is 0 Å². The summed E-state index contributed by atoms with van der Waals surface area (Å²) in [7, 11) is 0.873. The lowest BCUT2D eigenvalue weighted by atomic mass is 10.2. The molecule has 0 atom stereocenters. The maximum absolute atomic E-state index is 12.5. The molecule has 0 aliphatic carbocycles. The fourth-order valence-corrected chi connectivity index (χ4v) is 0.791. The second-order valence-corrected chi connectivity index (χ2v) is 2.94. The van der Waals surface area contributed by atoms with Crippen LogP contribution >= 0.6 is 0 Å². The van der Waals surface area contributed by atoms with Gasteiger partial charge in [-0.15, -0.1) is 0 Å². The van der Waals surface area contributed by atoms with Crippen molar-refractivity contribution in [1.82, 2.24) is 4.90 Å². The van der Waals surface area contributed by atoms with Crippen LogP contribution in [0, 0.1) is 0 Å². The standard InChI is InChI=1S/C7H11F5N2O/c1-14(4-2-3-13)5(15)6(8,9)7(10,11)12/h2-4,13H2,1H3. The van der Waals surface area contributed by atoms with Crippen molar-refractivity contribution in [3.05, 3.63) is 0 Å². The van der Waals surface area contributed by atoms with E-state index in [1.54, 1.807) is 0 Å². The van der Waals surface area contributed by atoms with E-state index in [-0.39, 0.29) is 19.5 Å². The predicted molar refractivity (Wildman–Crippen MR) is 42.3 cm³/mol. The Labute approximate surface area is 83.0 Å². The summed E-state index contributed by atoms with van der Waals surface area (Å²) in [5.41, 5.74) is 5.02. The highest BCUT2D eigenvalue weighted by molar-refractivity contribution is 5.84. The topological polar surface area (TPSA) is 46.3 Å². The Balaban J connectivity index is 4.56. The van der Waals surface area contributed by atoms with Gasteiger partial charge in [-0.2, -0.15) is 22.0 Å². The third kappa shape index (κ3) is 3.29. The minimum atomic E-state index is -5.86. The van der Waals surface area contributed by atoms with E-state index in [1.165, 1.54) is 0 Å². The molecule has 0 bridgehead atoms. The largest absolute Gasteiger partial charge is 0.463 e. The van der Waals surface area contributed by atoms with Gasteiger partial charge in [0.05, 0.1) is 0 Å². The molecule has 15 heavy (non-hydrogen) atoms. The molecule has 0 aliphatic heterocycles. The number of rotatable bonds is 4. The van der Waals surface area contributed by atoms with E-state index in [0.717, 1.165) is 7.05 Å². The van der Waals surface area contributed by atoms with Crippen LogP contribution in [0.25, 0.3) is 0 Å². The second kappa shape index (κ2) is 4.73. The first-order chi connectivity index (χ1) is 6.64. The van der Waals surface area contributed by atoms with Crippen LogP contribution in [-0.4, -0.2) is 43.0 Å². The van der Waals surface area contributed by atoms with Gasteiger partial charge in [0.2, 0.25) is 0 Å². The van der Waals surface area contributed by atoms with Crippen LogP contribution in [0.15, 0.2) is 0 Å². The Morgan fingerprint density at radius 1 is 1.27 bits per heavy atom. The van der Waals surface area contributed by atoms with E-state index in [9.17, 15) is 26.7 Å². The van der Waals surface area contributed by atoms with Crippen LogP contribution in [0.3, 0.4) is 0 Å². The highest BCUT2D eigenvalue weighted by Crippen LogP contribution is 2.36. The maximum atomic E-state index is 12.5. The first kappa shape index (κ1) is 14.1. The molecule has 1 amide bonds. The van der Waals surface area contributed by atoms with Gasteiger partial charge in [-0.3, -0.25) is 4.79 Å². The molecule has 0 radical (unpaired) electrons. The van der Waals surface area contributed by atoms with Crippen molar-refractivity contribution >= 4 is 5.91 Å². The monoisotopic (exact) mass is 234 g/mol. The predicted octanol–water partition coefficient (Wildman–Crippen LogP) is 0.991. The van der Waals surface area contributed by atoms with Crippen molar-refractivity contribution in [2.24, 2.45) is 5.73 Å². The van der Waals surface area contributed by atoms with E-state index >= 15 is 0 Å². The quantitative estimate of drug-likeness (QED) is 0.737. The molecule has 0 aromatic heterocycles. The number of halogens is 5. The lowest BCUT2D eigenvalue weighted by molar-refractivity contribution is -0.274. The van der Waals surface area contributed by atoms with Gasteiger partial charge in [-0.05, 0) is 13.0 Å². The Morgan fingerprint density at radius 3 is 2.07 bits per heavy atom. The van der Waals surface area contributed by atoms with Crippen molar-refractivity contribution in [2.75, 3.05) is 20.1 Å². The van der Waals surface area contributed by atoms with Gasteiger partial charge in [0.1, 0.15) is 0 Å². The van der Waals surface area contributed by atoms with Crippen molar-refractivity contribution in [1.29, 1.82) is 0 Å². The third-order valence-electron chi connectivity index (χ3n) is 1.67. The van der Waals surface area contributed by atoms with Gasteiger partial charge in [-0.25, -0.2) is 0 Å². The summed E-state index contributed by atoms with van der Waals surface area (Å²) in [6.45, 7) is -0.129. The molecule has 0 aromatic carbocycles. The van der Waals surface area contributed by atoms with Crippen LogP contribution < -0.4 is 5.73 Å². The summed E-state index contributed by atoms with van der Waals surface area (Å²) >= 11 is 0. The minimum absolute atomic E-state index is 0.106. The number of nitrogens with two attached hydrogens (primary N) is 1. The molecule has 0 aliphatic rings. The SMILES string of the molecule is CN(CCCN)C(=O)C(F)(F)C(F)(F)F. The summed E-state index contributed by atoms with van der Waals surface area (Å²) in [4.78, 5) is 11.1. The average Bonchev–Trinajstić information content (AvgIpc) is 2.10. The number of carbonyl (C=O) groups is 1. The molecule has 0 heterocycles. The molecule has 0 saturated heterocycles. The van der Waals surface area contributed by atoms with Crippen molar-refractivity contribution in [2.45, 2.75) is 18.5 Å². The highest BCUT2D eigenvalue weighted by Gasteiger charge is 2.64. The number of nitrogens with zero attached hydrogens (tertiary/aromatic N) is 1. The number of hydrogen-bond acceptors (Lipinski definition) is 2. The smallest absolute Gasteiger partial charge is 0.340 e. The number of carbonyl (C=O) groups excluding carboxylic acids is 1. The zero-order valence-electron chi connectivity index (χ0n) is 7.94. The fourth-order valence-electron chi connectivity index (χ4n) is 0.791. The molecule has 0 rings (SSSR count). The minimum Gasteiger partial charge on any atom is -0.340 e. The Hall–Kier alpha value is -0.920. The second-order valence-electron chi connectivity index (χ2n) is 2.94. The Bertz CT molecular complexity index is 228. The molecule has 3 nitrogen and oxygen atoms in total. The molecule has 2 N–H and O–H groups in total. The molecule has 0 fully saturated rings. The highest BCUT2D eigenvalue weighted by atomic mass is 19.4. The molecule has 0 saturated carbocycles. The maximum Gasteiger partial charge on any atom is 0.463 e. The van der Waals surface area contributed by atoms with Crippen molar-refractivity contribution in [3.63, 3.8) is 0 Å². The zero-order chi connectivity index (χ0) is 12.3. The normalized spacial score (nSPS) is 12.7. The Morgan fingerprint density at radius 2 is 1.73 bits per heavy atom. The first-order valence-electron chi connectivity index (χ1n) is 4.04. The number of alkyl halides is 5. The van der Waals surface area contributed by atoms with Gasteiger partial charge in [0.15, 0.2) is 0 Å². The summed E-state index contributed by atoms with van der Waals surface area (Å²) in [6, 6.07) is 0. The van der Waals surface area contributed by atoms with E-state index in [0.29, 0.717) is 4.90 Å². The third-order valence-corrected chi connectivity index (χ3v) is 1.67. The van der Waals surface area contributed by atoms with E-state index in [2.05, 4.69) is 0 Å². The molecule has 0 spiro atoms. The lowest BCUT2D eigenvalue weighted by Crippen LogP contribution is -2.51. The summed E-state index contributed by atoms with van der Waals surface area (Å²) in [5, 5.41) is 0. The molecule has 0 unspecified atom stereocenters. The van der Waals surface area contributed by atoms with Crippen LogP contribution in [0.4, 0.5) is 22.0 Å². The van der Waals surface area contributed by atoms with Crippen LogP contribution in [0.5, 0.6) is 0 Å². The van der Waals surface area contributed by atoms with Gasteiger partial charge >= 0.3 is 18.0 Å². The fraction of sp³-hybridized carbons (Fsp3) is 0.857. The molecular weight excluding hydrogens is 223 g/mol. The lowest BCUT2D eigenvalue weighted by Gasteiger charge is -2.24. The molecule has 0 aromatic rings. The molecule has 8 heteroatoms. The zero-order valence-corrected chi connectivity index (χ0v) is 7.94. The van der Waals surface area contributed by atoms with E-state index < -0.39 is 18.0 Å². The summed E-state index contributed by atoms with van der Waals surface area (Å²) in [6.07, 6.45) is -5.70. The van der Waals surface area contributed by atoms with Gasteiger partial charge in [0.25, 0.3) is 0 Å². The van der Waals surface area contributed by atoms with Crippen molar-refractivity contribution < 1.29 is 26.7 Å². The summed E-state index contributed by atoms with van der Waals surface area (Å²) < 4.78 is 60.1. The van der Waals surface area contributed by atoms with Gasteiger partial charge in [-0.1, -0.05) is 0 Å². The van der Waals surface area contributed by atoms with E-state index in [1.807, 2.05) is 0 Å². The van der Waals surface area contributed by atoms with Crippen LogP contribution in [0.1, 0.15) is 6.42 Å². The first-order valence-corrected chi connectivity index (χ1v) is 4.04. The number of amides is 1. The molecule has 90 valence electrons. The van der Waals surface area contributed by atoms with Gasteiger partial charge in [0, 0.05) is 13.6 Å². The van der Waals surface area contributed by atoms with E-state index in [4.69, 9.17) is 5.73 Å². The summed E-state index contributed by atoms with van der Waals surface area (Å²) in [5.74, 6) is -7.60.